The van der Waals surface area contributed by atoms with Gasteiger partial charge in [-0.25, -0.2) is 0 Å². The molecule has 2 rings (SSSR count). The molecule has 2 N–H and O–H groups in total. The molecule has 0 aromatic rings. The van der Waals surface area contributed by atoms with Gasteiger partial charge in [0.15, 0.2) is 0 Å². The van der Waals surface area contributed by atoms with Crippen LogP contribution in [0.25, 0.3) is 0 Å². The number of morpholine rings is 1. The molecule has 5 nitrogen and oxygen atoms in total. The fourth-order valence-corrected chi connectivity index (χ4v) is 2.63. The smallest absolute Gasteiger partial charge is 0.240 e. The molecule has 0 aliphatic carbocycles. The van der Waals surface area contributed by atoms with Crippen molar-refractivity contribution < 1.29 is 9.53 Å². The van der Waals surface area contributed by atoms with Gasteiger partial charge in [0.2, 0.25) is 5.91 Å². The van der Waals surface area contributed by atoms with Crippen LogP contribution in [0.4, 0.5) is 0 Å². The van der Waals surface area contributed by atoms with Crippen LogP contribution in [0.15, 0.2) is 0 Å². The minimum atomic E-state index is -0.543. The Morgan fingerprint density at radius 2 is 2.17 bits per heavy atom. The number of rotatable bonds is 3. The lowest BCUT2D eigenvalue weighted by atomic mass is 10.2. The molecule has 2 saturated heterocycles. The summed E-state index contributed by atoms with van der Waals surface area (Å²) >= 11 is 0. The summed E-state index contributed by atoms with van der Waals surface area (Å²) in [7, 11) is 0. The maximum absolute atomic E-state index is 12.0. The van der Waals surface area contributed by atoms with Crippen LogP contribution in [-0.4, -0.2) is 67.2 Å². The molecule has 2 unspecified atom stereocenters. The summed E-state index contributed by atoms with van der Waals surface area (Å²) in [6.07, 6.45) is 6.53. The molecule has 0 spiro atoms. The molecule has 0 radical (unpaired) electrons. The zero-order valence-electron chi connectivity index (χ0n) is 10.7. The summed E-state index contributed by atoms with van der Waals surface area (Å²) in [5.41, 5.74) is 5.76. The zero-order chi connectivity index (χ0) is 13.0. The highest BCUT2D eigenvalue weighted by molar-refractivity contribution is 5.82. The van der Waals surface area contributed by atoms with Crippen LogP contribution in [0.2, 0.25) is 0 Å². The number of nitrogens with zero attached hydrogens (tertiary/aromatic N) is 2. The van der Waals surface area contributed by atoms with Crippen molar-refractivity contribution in [2.24, 2.45) is 5.73 Å². The van der Waals surface area contributed by atoms with Crippen molar-refractivity contribution in [3.8, 4) is 12.3 Å². The SMILES string of the molecule is C#CCC(N)C(=O)N1CCC(N2CCOCC2)C1. The largest absolute Gasteiger partial charge is 0.379 e. The van der Waals surface area contributed by atoms with Crippen molar-refractivity contribution >= 4 is 5.91 Å². The highest BCUT2D eigenvalue weighted by Crippen LogP contribution is 2.17. The summed E-state index contributed by atoms with van der Waals surface area (Å²) in [4.78, 5) is 16.3. The average Bonchev–Trinajstić information content (AvgIpc) is 2.89. The van der Waals surface area contributed by atoms with Gasteiger partial charge in [-0.2, -0.15) is 0 Å². The first-order valence-electron chi connectivity index (χ1n) is 6.52. The molecule has 18 heavy (non-hydrogen) atoms. The van der Waals surface area contributed by atoms with Gasteiger partial charge in [0.25, 0.3) is 0 Å². The number of hydrogen-bond donors (Lipinski definition) is 1. The van der Waals surface area contributed by atoms with Gasteiger partial charge in [0, 0.05) is 38.6 Å². The first kappa shape index (κ1) is 13.3. The van der Waals surface area contributed by atoms with Gasteiger partial charge >= 0.3 is 0 Å². The lowest BCUT2D eigenvalue weighted by molar-refractivity contribution is -0.131. The molecular weight excluding hydrogens is 230 g/mol. The van der Waals surface area contributed by atoms with Crippen molar-refractivity contribution in [2.45, 2.75) is 24.9 Å². The summed E-state index contributed by atoms with van der Waals surface area (Å²) < 4.78 is 5.34. The number of amides is 1. The van der Waals surface area contributed by atoms with E-state index in [1.165, 1.54) is 0 Å². The van der Waals surface area contributed by atoms with E-state index in [0.29, 0.717) is 12.5 Å². The third-order valence-corrected chi connectivity index (χ3v) is 3.69. The normalized spacial score (nSPS) is 26.9. The molecule has 2 aliphatic rings. The van der Waals surface area contributed by atoms with Gasteiger partial charge in [0.05, 0.1) is 19.3 Å². The van der Waals surface area contributed by atoms with Crippen LogP contribution < -0.4 is 5.73 Å². The fraction of sp³-hybridized carbons (Fsp3) is 0.769. The van der Waals surface area contributed by atoms with Crippen LogP contribution in [0.1, 0.15) is 12.8 Å². The predicted molar refractivity (Wildman–Crippen MR) is 68.8 cm³/mol. The van der Waals surface area contributed by atoms with E-state index in [0.717, 1.165) is 45.8 Å². The van der Waals surface area contributed by atoms with E-state index in [2.05, 4.69) is 10.8 Å². The number of ether oxygens (including phenoxy) is 1. The molecule has 100 valence electrons. The molecule has 0 aromatic heterocycles. The van der Waals surface area contributed by atoms with Gasteiger partial charge in [-0.3, -0.25) is 9.69 Å². The number of carbonyl (C=O) groups excluding carboxylic acids is 1. The van der Waals surface area contributed by atoms with Crippen molar-refractivity contribution in [3.63, 3.8) is 0 Å². The maximum atomic E-state index is 12.0. The Bertz CT molecular complexity index is 334. The Balaban J connectivity index is 1.84. The van der Waals surface area contributed by atoms with Crippen molar-refractivity contribution in [3.05, 3.63) is 0 Å². The lowest BCUT2D eigenvalue weighted by Gasteiger charge is -2.32. The summed E-state index contributed by atoms with van der Waals surface area (Å²) in [5, 5.41) is 0. The Hall–Kier alpha value is -1.09. The Morgan fingerprint density at radius 3 is 2.83 bits per heavy atom. The number of terminal acetylenes is 1. The van der Waals surface area contributed by atoms with E-state index in [-0.39, 0.29) is 5.91 Å². The summed E-state index contributed by atoms with van der Waals surface area (Å²) in [6.45, 7) is 5.07. The monoisotopic (exact) mass is 251 g/mol. The summed E-state index contributed by atoms with van der Waals surface area (Å²) in [5.74, 6) is 2.44. The molecule has 1 amide bonds. The van der Waals surface area contributed by atoms with Crippen molar-refractivity contribution in [1.82, 2.24) is 9.80 Å². The van der Waals surface area contributed by atoms with E-state index < -0.39 is 6.04 Å². The van der Waals surface area contributed by atoms with E-state index in [1.54, 1.807) is 0 Å². The molecule has 2 atom stereocenters. The number of likely N-dealkylation sites (tertiary alicyclic amines) is 1. The predicted octanol–water partition coefficient (Wildman–Crippen LogP) is -0.730. The van der Waals surface area contributed by atoms with Crippen LogP contribution in [0.5, 0.6) is 0 Å². The minimum Gasteiger partial charge on any atom is -0.379 e. The molecular formula is C13H21N3O2. The van der Waals surface area contributed by atoms with Crippen molar-refractivity contribution in [2.75, 3.05) is 39.4 Å². The first-order valence-corrected chi connectivity index (χ1v) is 6.52. The molecule has 0 saturated carbocycles. The third-order valence-electron chi connectivity index (χ3n) is 3.69. The quantitative estimate of drug-likeness (QED) is 0.672. The zero-order valence-corrected chi connectivity index (χ0v) is 10.7. The Morgan fingerprint density at radius 1 is 1.44 bits per heavy atom. The highest BCUT2D eigenvalue weighted by Gasteiger charge is 2.32. The van der Waals surface area contributed by atoms with E-state index >= 15 is 0 Å². The second-order valence-electron chi connectivity index (χ2n) is 4.89. The van der Waals surface area contributed by atoms with Gasteiger partial charge in [-0.15, -0.1) is 12.3 Å². The molecule has 2 fully saturated rings. The maximum Gasteiger partial charge on any atom is 0.240 e. The van der Waals surface area contributed by atoms with Crippen LogP contribution in [0, 0.1) is 12.3 Å². The fourth-order valence-electron chi connectivity index (χ4n) is 2.63. The molecule has 5 heteroatoms. The van der Waals surface area contributed by atoms with Gasteiger partial charge in [0.1, 0.15) is 0 Å². The lowest BCUT2D eigenvalue weighted by Crippen LogP contribution is -2.47. The van der Waals surface area contributed by atoms with Crippen LogP contribution in [0.3, 0.4) is 0 Å². The second-order valence-corrected chi connectivity index (χ2v) is 4.89. The number of carbonyl (C=O) groups is 1. The van der Waals surface area contributed by atoms with E-state index in [1.807, 2.05) is 4.90 Å². The van der Waals surface area contributed by atoms with Crippen molar-refractivity contribution in [1.29, 1.82) is 0 Å². The van der Waals surface area contributed by atoms with E-state index in [4.69, 9.17) is 16.9 Å². The average molecular weight is 251 g/mol. The topological polar surface area (TPSA) is 58.8 Å². The second kappa shape index (κ2) is 6.19. The third kappa shape index (κ3) is 3.02. The Kier molecular flexibility index (Phi) is 4.59. The molecule has 2 aliphatic heterocycles. The highest BCUT2D eigenvalue weighted by atomic mass is 16.5. The standard InChI is InChI=1S/C13H21N3O2/c1-2-3-12(14)13(17)16-5-4-11(10-16)15-6-8-18-9-7-15/h1,11-12H,3-10,14H2. The number of nitrogens with two attached hydrogens (primary N) is 1. The van der Waals surface area contributed by atoms with Gasteiger partial charge in [-0.05, 0) is 6.42 Å². The first-order chi connectivity index (χ1) is 8.72. The molecule has 0 aromatic carbocycles. The number of hydrogen-bond acceptors (Lipinski definition) is 4. The molecule has 0 bridgehead atoms. The summed E-state index contributed by atoms with van der Waals surface area (Å²) in [6, 6.07) is -0.0886. The van der Waals surface area contributed by atoms with Crippen LogP contribution in [-0.2, 0) is 9.53 Å². The Labute approximate surface area is 108 Å². The van der Waals surface area contributed by atoms with Crippen LogP contribution >= 0.6 is 0 Å². The van der Waals surface area contributed by atoms with Gasteiger partial charge < -0.3 is 15.4 Å². The minimum absolute atomic E-state index is 0.0105. The van der Waals surface area contributed by atoms with Gasteiger partial charge in [-0.1, -0.05) is 0 Å². The van der Waals surface area contributed by atoms with E-state index in [9.17, 15) is 4.79 Å². The molecule has 2 heterocycles.